The fourth-order valence-electron chi connectivity index (χ4n) is 11.7. The zero-order chi connectivity index (χ0) is 74.1. The topological polar surface area (TPSA) is 429 Å². The molecule has 25 heteroatoms. The molecule has 0 bridgehead atoms. The molecule has 0 unspecified atom stereocenters. The smallest absolute Gasteiger partial charge is 0.326 e. The number of nitrogens with two attached hydrogens (primary N) is 5. The molecular weight excluding hydrogens is 1310 g/mol. The van der Waals surface area contributed by atoms with Gasteiger partial charge in [-0.1, -0.05) is 188 Å². The van der Waals surface area contributed by atoms with Crippen molar-refractivity contribution < 1.29 is 53.1 Å². The average molecular weight is 1410 g/mol. The summed E-state index contributed by atoms with van der Waals surface area (Å²) < 4.78 is 0. The van der Waals surface area contributed by atoms with Crippen molar-refractivity contribution in [3.63, 3.8) is 0 Å². The van der Waals surface area contributed by atoms with Gasteiger partial charge >= 0.3 is 5.97 Å². The Morgan fingerprint density at radius 2 is 0.417 bits per heavy atom. The van der Waals surface area contributed by atoms with Crippen molar-refractivity contribution in [2.75, 3.05) is 26.2 Å². The normalized spacial score (nSPS) is 14.0. The molecule has 20 N–H and O–H groups in total. The molecule has 6 rings (SSSR count). The molecule has 6 aromatic carbocycles. The van der Waals surface area contributed by atoms with Crippen molar-refractivity contribution in [3.05, 3.63) is 215 Å². The zero-order valence-electron chi connectivity index (χ0n) is 58.6. The van der Waals surface area contributed by atoms with Gasteiger partial charge in [-0.2, -0.15) is 0 Å². The van der Waals surface area contributed by atoms with E-state index in [1.165, 1.54) is 0 Å². The lowest BCUT2D eigenvalue weighted by Gasteiger charge is -2.29. The van der Waals surface area contributed by atoms with E-state index in [0.29, 0.717) is 105 Å². The lowest BCUT2D eigenvalue weighted by molar-refractivity contribution is -0.142. The Kier molecular flexibility index (Phi) is 36.2. The number of carbonyl (C=O) groups is 10. The van der Waals surface area contributed by atoms with Crippen molar-refractivity contribution in [2.45, 2.75) is 176 Å². The van der Waals surface area contributed by atoms with Gasteiger partial charge in [-0.3, -0.25) is 43.2 Å². The van der Waals surface area contributed by atoms with Crippen LogP contribution in [0.1, 0.15) is 110 Å². The van der Waals surface area contributed by atoms with Crippen molar-refractivity contribution in [2.24, 2.45) is 28.7 Å². The van der Waals surface area contributed by atoms with E-state index in [4.69, 9.17) is 28.7 Å². The number of benzene rings is 6. The molecule has 552 valence electrons. The molecule has 0 aliphatic rings. The average Bonchev–Trinajstić information content (AvgIpc) is 0.850. The summed E-state index contributed by atoms with van der Waals surface area (Å²) in [6, 6.07) is 40.4. The quantitative estimate of drug-likeness (QED) is 0.0244. The summed E-state index contributed by atoms with van der Waals surface area (Å²) in [5.41, 5.74) is 33.3. The number of hydrogen-bond acceptors (Lipinski definition) is 15. The van der Waals surface area contributed by atoms with E-state index in [0.717, 1.165) is 5.56 Å². The van der Waals surface area contributed by atoms with Gasteiger partial charge in [-0.05, 0) is 130 Å². The van der Waals surface area contributed by atoms with Gasteiger partial charge in [0.1, 0.15) is 54.4 Å². The monoisotopic (exact) mass is 1410 g/mol. The molecule has 0 fully saturated rings. The van der Waals surface area contributed by atoms with E-state index in [1.54, 1.807) is 176 Å². The first-order chi connectivity index (χ1) is 49.9. The van der Waals surface area contributed by atoms with Gasteiger partial charge in [0.25, 0.3) is 0 Å². The first-order valence-electron chi connectivity index (χ1n) is 35.6. The number of amides is 9. The van der Waals surface area contributed by atoms with Crippen LogP contribution < -0.4 is 76.5 Å². The van der Waals surface area contributed by atoms with Crippen molar-refractivity contribution in [1.82, 2.24) is 47.9 Å². The van der Waals surface area contributed by atoms with Crippen LogP contribution >= 0.6 is 0 Å². The highest BCUT2D eigenvalue weighted by molar-refractivity contribution is 5.99. The lowest BCUT2D eigenvalue weighted by atomic mass is 9.99. The molecule has 25 nitrogen and oxygen atoms in total. The van der Waals surface area contributed by atoms with E-state index < -0.39 is 120 Å². The van der Waals surface area contributed by atoms with Crippen molar-refractivity contribution in [1.29, 1.82) is 0 Å². The minimum Gasteiger partial charge on any atom is -0.480 e. The number of carboxylic acids is 1. The highest BCUT2D eigenvalue weighted by Gasteiger charge is 2.37. The number of aliphatic carboxylic acids is 1. The summed E-state index contributed by atoms with van der Waals surface area (Å²) in [6.07, 6.45) is 4.03. The lowest BCUT2D eigenvalue weighted by Crippen LogP contribution is -2.61. The van der Waals surface area contributed by atoms with E-state index in [-0.39, 0.29) is 64.3 Å². The molecule has 0 aliphatic carbocycles. The first kappa shape index (κ1) is 81.8. The van der Waals surface area contributed by atoms with Crippen LogP contribution in [0.4, 0.5) is 0 Å². The maximum absolute atomic E-state index is 15.3. The maximum atomic E-state index is 15.3. The zero-order valence-corrected chi connectivity index (χ0v) is 58.6. The number of rotatable bonds is 47. The standard InChI is InChI=1S/C78H104N14O11/c79-43-23-19-39-59(83)69(93)87-63(47-53-27-7-1-8-28-53)74(98)90-66(50-56-33-13-4-14-34-56)76(100)92-68(52-58-37-17-6-18-38-58)77(101)91-67(51-57-35-15-5-16-36-57)75(99)89-65(49-55-31-11-3-12-32-55)73(97)85-61(41-21-25-45-81)71(95)88-64(48-54-29-9-2-10-30-54)72(96)84-60(40-20-24-44-80)70(94)86-62(78(102)103)42-22-26-46-82/h1-18,27-38,59-68H,19-26,39-52,79-83H2,(H,84,96)(H,85,97)(H,86,94)(H,87,93)(H,88,95)(H,89,99)(H,90,98)(H,91,101)(H,92,100)(H,102,103)/t59-,60-,61-,62-,63-,64-,65-,66-,67-,68-/m0/s1. The maximum Gasteiger partial charge on any atom is 0.326 e. The van der Waals surface area contributed by atoms with Crippen LogP contribution in [-0.2, 0) is 86.5 Å². The summed E-state index contributed by atoms with van der Waals surface area (Å²) in [5, 5.41) is 35.5. The molecule has 9 amide bonds. The van der Waals surface area contributed by atoms with Crippen molar-refractivity contribution >= 4 is 59.1 Å². The molecule has 0 spiro atoms. The molecule has 6 aromatic rings. The van der Waals surface area contributed by atoms with E-state index in [1.807, 2.05) is 6.07 Å². The molecule has 0 heterocycles. The molecule has 0 aliphatic heterocycles. The molecule has 0 radical (unpaired) electrons. The molecule has 0 saturated heterocycles. The summed E-state index contributed by atoms with van der Waals surface area (Å²) in [6.45, 7) is 1.28. The van der Waals surface area contributed by atoms with Gasteiger partial charge in [-0.25, -0.2) is 4.79 Å². The van der Waals surface area contributed by atoms with E-state index in [2.05, 4.69) is 47.9 Å². The molecule has 10 atom stereocenters. The summed E-state index contributed by atoms with van der Waals surface area (Å²) in [7, 11) is 0. The minimum atomic E-state index is -1.42. The second kappa shape index (κ2) is 45.6. The van der Waals surface area contributed by atoms with E-state index >= 15 is 19.2 Å². The predicted octanol–water partition coefficient (Wildman–Crippen LogP) is 2.73. The Labute approximate surface area is 603 Å². The van der Waals surface area contributed by atoms with Gasteiger partial charge in [-0.15, -0.1) is 0 Å². The number of carboxylic acid groups (broad SMARTS) is 1. The molecule has 103 heavy (non-hydrogen) atoms. The number of unbranched alkanes of at least 4 members (excludes halogenated alkanes) is 4. The summed E-state index contributed by atoms with van der Waals surface area (Å²) >= 11 is 0. The van der Waals surface area contributed by atoms with Crippen LogP contribution in [0.15, 0.2) is 182 Å². The van der Waals surface area contributed by atoms with Crippen LogP contribution in [-0.4, -0.2) is 151 Å². The highest BCUT2D eigenvalue weighted by Crippen LogP contribution is 2.16. The second-order valence-electron chi connectivity index (χ2n) is 25.8. The first-order valence-corrected chi connectivity index (χ1v) is 35.6. The third-order valence-electron chi connectivity index (χ3n) is 17.5. The molecule has 0 aromatic heterocycles. The summed E-state index contributed by atoms with van der Waals surface area (Å²) in [5.74, 6) is -7.96. The third-order valence-corrected chi connectivity index (χ3v) is 17.5. The Hall–Kier alpha value is -10.2. The Bertz CT molecular complexity index is 3570. The van der Waals surface area contributed by atoms with Crippen LogP contribution in [0.2, 0.25) is 0 Å². The minimum absolute atomic E-state index is 0.0257. The van der Waals surface area contributed by atoms with Gasteiger partial charge in [0, 0.05) is 38.5 Å². The number of nitrogens with one attached hydrogen (secondary N) is 9. The fourth-order valence-corrected chi connectivity index (χ4v) is 11.7. The second-order valence-corrected chi connectivity index (χ2v) is 25.8. The van der Waals surface area contributed by atoms with E-state index in [9.17, 15) is 33.9 Å². The predicted molar refractivity (Wildman–Crippen MR) is 395 cm³/mol. The van der Waals surface area contributed by atoms with Crippen LogP contribution in [0.3, 0.4) is 0 Å². The third kappa shape index (κ3) is 29.7. The number of carbonyl (C=O) groups excluding carboxylic acids is 9. The molecule has 0 saturated carbocycles. The van der Waals surface area contributed by atoms with Gasteiger partial charge < -0.3 is 81.6 Å². The van der Waals surface area contributed by atoms with Gasteiger partial charge in [0.05, 0.1) is 6.04 Å². The fraction of sp³-hybridized carbons (Fsp3) is 0.410. The van der Waals surface area contributed by atoms with Crippen molar-refractivity contribution in [3.8, 4) is 0 Å². The SMILES string of the molecule is NCCCC[C@H](NC(=O)[C@H](CCCCN)NC(=O)[C@H](Cc1ccccc1)NC(=O)[C@H](CCCCN)NC(=O)[C@H](Cc1ccccc1)NC(=O)[C@H](Cc1ccccc1)NC(=O)[C@H](Cc1ccccc1)NC(=O)[C@H](Cc1ccccc1)NC(=O)[C@H](Cc1ccccc1)NC(=O)[C@@H](N)CCCCN)C(=O)O. The Balaban J connectivity index is 1.30. The van der Waals surface area contributed by atoms with Gasteiger partial charge in [0.15, 0.2) is 0 Å². The van der Waals surface area contributed by atoms with Crippen LogP contribution in [0, 0.1) is 0 Å². The highest BCUT2D eigenvalue weighted by atomic mass is 16.4. The number of hydrogen-bond donors (Lipinski definition) is 15. The summed E-state index contributed by atoms with van der Waals surface area (Å²) in [4.78, 5) is 145. The van der Waals surface area contributed by atoms with Crippen LogP contribution in [0.25, 0.3) is 0 Å². The largest absolute Gasteiger partial charge is 0.480 e. The molecular formula is C78H104N14O11. The van der Waals surface area contributed by atoms with Gasteiger partial charge in [0.2, 0.25) is 53.2 Å². The van der Waals surface area contributed by atoms with Crippen LogP contribution in [0.5, 0.6) is 0 Å². The Morgan fingerprint density at radius 1 is 0.243 bits per heavy atom. The Morgan fingerprint density at radius 3 is 0.631 bits per heavy atom.